The van der Waals surface area contributed by atoms with Crippen LogP contribution in [-0.4, -0.2) is 56.0 Å². The van der Waals surface area contributed by atoms with Crippen molar-refractivity contribution < 1.29 is 19.1 Å². The van der Waals surface area contributed by atoms with Gasteiger partial charge >= 0.3 is 5.97 Å². The largest absolute Gasteiger partial charge is 0.465 e. The van der Waals surface area contributed by atoms with Crippen molar-refractivity contribution in [1.29, 1.82) is 0 Å². The first-order chi connectivity index (χ1) is 13.7. The van der Waals surface area contributed by atoms with Gasteiger partial charge in [0.25, 0.3) is 0 Å². The molecule has 0 saturated carbocycles. The van der Waals surface area contributed by atoms with Gasteiger partial charge in [-0.3, -0.25) is 14.5 Å². The molecule has 1 saturated heterocycles. The summed E-state index contributed by atoms with van der Waals surface area (Å²) in [5.41, 5.74) is 0.289. The normalized spacial score (nSPS) is 17.1. The lowest BCUT2D eigenvalue weighted by molar-refractivity contribution is -0.124. The number of hydrogen-bond donors (Lipinski definition) is 2. The van der Waals surface area contributed by atoms with Gasteiger partial charge in [-0.15, -0.1) is 0 Å². The van der Waals surface area contributed by atoms with Crippen LogP contribution in [0, 0.1) is 11.8 Å². The van der Waals surface area contributed by atoms with Gasteiger partial charge in [-0.2, -0.15) is 0 Å². The van der Waals surface area contributed by atoms with Crippen LogP contribution in [0.2, 0.25) is 10.0 Å². The minimum atomic E-state index is -0.636. The Bertz CT molecular complexity index is 770. The van der Waals surface area contributed by atoms with E-state index in [1.54, 1.807) is 0 Å². The molecule has 9 heteroatoms. The number of hydrogen-bond acceptors (Lipinski definition) is 5. The van der Waals surface area contributed by atoms with Gasteiger partial charge in [0.1, 0.15) is 0 Å². The van der Waals surface area contributed by atoms with Crippen LogP contribution in [-0.2, 0) is 14.3 Å². The van der Waals surface area contributed by atoms with E-state index in [2.05, 4.69) is 10.6 Å². The number of nitrogens with zero attached hydrogens (tertiary/aromatic N) is 1. The molecule has 160 valence electrons. The van der Waals surface area contributed by atoms with Gasteiger partial charge in [0, 0.05) is 24.0 Å². The molecule has 1 atom stereocenters. The van der Waals surface area contributed by atoms with Crippen molar-refractivity contribution in [3.63, 3.8) is 0 Å². The van der Waals surface area contributed by atoms with E-state index < -0.39 is 5.97 Å². The van der Waals surface area contributed by atoms with Crippen molar-refractivity contribution in [3.8, 4) is 0 Å². The third-order valence-corrected chi connectivity index (χ3v) is 5.30. The van der Waals surface area contributed by atoms with Crippen molar-refractivity contribution in [2.75, 3.05) is 38.6 Å². The highest BCUT2D eigenvalue weighted by Crippen LogP contribution is 2.31. The molecular formula is C20H27Cl2N3O4. The monoisotopic (exact) mass is 443 g/mol. The summed E-state index contributed by atoms with van der Waals surface area (Å²) in [4.78, 5) is 38.4. The number of ether oxygens (including phenoxy) is 1. The predicted molar refractivity (Wildman–Crippen MR) is 113 cm³/mol. The van der Waals surface area contributed by atoms with Gasteiger partial charge in [-0.1, -0.05) is 37.0 Å². The number of halogens is 2. The van der Waals surface area contributed by atoms with E-state index >= 15 is 0 Å². The molecule has 2 amide bonds. The van der Waals surface area contributed by atoms with Crippen LogP contribution in [0.1, 0.15) is 37.0 Å². The molecule has 1 aromatic rings. The number of likely N-dealkylation sites (tertiary alicyclic amines) is 1. The van der Waals surface area contributed by atoms with Crippen molar-refractivity contribution >= 4 is 46.7 Å². The zero-order valence-corrected chi connectivity index (χ0v) is 18.4. The van der Waals surface area contributed by atoms with Crippen molar-refractivity contribution in [1.82, 2.24) is 10.2 Å². The number of amides is 2. The SMILES string of the molecule is COC(=O)c1cc(Cl)cc(Cl)c1NC(=O)CN1CCCC(CNC(=O)C(C)C)C1. The van der Waals surface area contributed by atoms with E-state index in [9.17, 15) is 14.4 Å². The first-order valence-electron chi connectivity index (χ1n) is 9.58. The Balaban J connectivity index is 1.97. The molecule has 29 heavy (non-hydrogen) atoms. The maximum atomic E-state index is 12.6. The molecule has 2 N–H and O–H groups in total. The number of methoxy groups -OCH3 is 1. The van der Waals surface area contributed by atoms with Crippen molar-refractivity contribution in [2.45, 2.75) is 26.7 Å². The Morgan fingerprint density at radius 1 is 1.28 bits per heavy atom. The second-order valence-corrected chi connectivity index (χ2v) is 8.34. The summed E-state index contributed by atoms with van der Waals surface area (Å²) >= 11 is 12.1. The van der Waals surface area contributed by atoms with E-state index in [0.717, 1.165) is 19.4 Å². The number of anilines is 1. The number of nitrogens with one attached hydrogen (secondary N) is 2. The molecule has 1 fully saturated rings. The summed E-state index contributed by atoms with van der Waals surface area (Å²) in [7, 11) is 1.24. The Labute approximate surface area is 181 Å². The fourth-order valence-electron chi connectivity index (χ4n) is 3.26. The first kappa shape index (κ1) is 23.4. The molecule has 0 spiro atoms. The van der Waals surface area contributed by atoms with Crippen LogP contribution in [0.15, 0.2) is 12.1 Å². The molecule has 7 nitrogen and oxygen atoms in total. The van der Waals surface area contributed by atoms with Crippen LogP contribution in [0.25, 0.3) is 0 Å². The van der Waals surface area contributed by atoms with E-state index in [1.165, 1.54) is 19.2 Å². The average Bonchev–Trinajstić information content (AvgIpc) is 2.67. The van der Waals surface area contributed by atoms with E-state index in [4.69, 9.17) is 27.9 Å². The summed E-state index contributed by atoms with van der Waals surface area (Å²) < 4.78 is 4.74. The maximum absolute atomic E-state index is 12.6. The summed E-state index contributed by atoms with van der Waals surface area (Å²) in [6.07, 6.45) is 1.95. The molecule has 1 aliphatic heterocycles. The quantitative estimate of drug-likeness (QED) is 0.631. The van der Waals surface area contributed by atoms with Gasteiger partial charge < -0.3 is 15.4 Å². The fourth-order valence-corrected chi connectivity index (χ4v) is 3.80. The molecule has 0 aliphatic carbocycles. The van der Waals surface area contributed by atoms with Gasteiger partial charge in [0.05, 0.1) is 29.9 Å². The predicted octanol–water partition coefficient (Wildman–Crippen LogP) is 3.20. The average molecular weight is 444 g/mol. The summed E-state index contributed by atoms with van der Waals surface area (Å²) in [5.74, 6) is -0.639. The minimum absolute atomic E-state index is 0.0348. The maximum Gasteiger partial charge on any atom is 0.340 e. The highest BCUT2D eigenvalue weighted by molar-refractivity contribution is 6.37. The Morgan fingerprint density at radius 2 is 2.00 bits per heavy atom. The second-order valence-electron chi connectivity index (χ2n) is 7.49. The lowest BCUT2D eigenvalue weighted by Crippen LogP contribution is -2.44. The highest BCUT2D eigenvalue weighted by Gasteiger charge is 2.24. The molecule has 0 radical (unpaired) electrons. The molecule has 1 aromatic carbocycles. The number of carbonyl (C=O) groups is 3. The smallest absolute Gasteiger partial charge is 0.340 e. The highest BCUT2D eigenvalue weighted by atomic mass is 35.5. The van der Waals surface area contributed by atoms with E-state index in [0.29, 0.717) is 19.0 Å². The fraction of sp³-hybridized carbons (Fsp3) is 0.550. The zero-order chi connectivity index (χ0) is 21.6. The lowest BCUT2D eigenvalue weighted by Gasteiger charge is -2.32. The Morgan fingerprint density at radius 3 is 2.66 bits per heavy atom. The molecular weight excluding hydrogens is 417 g/mol. The van der Waals surface area contributed by atoms with Crippen LogP contribution >= 0.6 is 23.2 Å². The summed E-state index contributed by atoms with van der Waals surface area (Å²) in [6.45, 7) is 5.98. The topological polar surface area (TPSA) is 87.7 Å². The van der Waals surface area contributed by atoms with Crippen LogP contribution in [0.5, 0.6) is 0 Å². The second kappa shape index (κ2) is 10.8. The van der Waals surface area contributed by atoms with Crippen LogP contribution in [0.4, 0.5) is 5.69 Å². The van der Waals surface area contributed by atoms with E-state index in [-0.39, 0.29) is 45.6 Å². The number of carbonyl (C=O) groups excluding carboxylic acids is 3. The standard InChI is InChI=1S/C20H27Cl2N3O4/c1-12(2)19(27)23-9-13-5-4-6-25(10-13)11-17(26)24-18-15(20(28)29-3)7-14(21)8-16(18)22/h7-8,12-13H,4-6,9-11H2,1-3H3,(H,23,27)(H,24,26). The first-order valence-corrected chi connectivity index (χ1v) is 10.3. The molecule has 1 aliphatic rings. The third kappa shape index (κ3) is 6.87. The van der Waals surface area contributed by atoms with Gasteiger partial charge in [-0.05, 0) is 37.4 Å². The minimum Gasteiger partial charge on any atom is -0.465 e. The molecule has 0 aromatic heterocycles. The van der Waals surface area contributed by atoms with Crippen molar-refractivity contribution in [2.24, 2.45) is 11.8 Å². The number of piperidine rings is 1. The lowest BCUT2D eigenvalue weighted by atomic mass is 9.97. The Hall–Kier alpha value is -1.83. The Kier molecular flexibility index (Phi) is 8.74. The van der Waals surface area contributed by atoms with E-state index in [1.807, 2.05) is 18.7 Å². The number of benzene rings is 1. The molecule has 1 heterocycles. The molecule has 1 unspecified atom stereocenters. The van der Waals surface area contributed by atoms with Gasteiger partial charge in [0.15, 0.2) is 0 Å². The van der Waals surface area contributed by atoms with Gasteiger partial charge in [0.2, 0.25) is 11.8 Å². The van der Waals surface area contributed by atoms with Crippen LogP contribution in [0.3, 0.4) is 0 Å². The summed E-state index contributed by atoms with van der Waals surface area (Å²) in [6, 6.07) is 2.86. The zero-order valence-electron chi connectivity index (χ0n) is 16.9. The molecule has 0 bridgehead atoms. The van der Waals surface area contributed by atoms with Gasteiger partial charge in [-0.25, -0.2) is 4.79 Å². The molecule has 2 rings (SSSR count). The third-order valence-electron chi connectivity index (χ3n) is 4.78. The van der Waals surface area contributed by atoms with Crippen molar-refractivity contribution in [3.05, 3.63) is 27.7 Å². The van der Waals surface area contributed by atoms with Crippen LogP contribution < -0.4 is 10.6 Å². The number of rotatable bonds is 7. The summed E-state index contributed by atoms with van der Waals surface area (Å²) in [5, 5.41) is 6.10. The number of esters is 1.